The summed E-state index contributed by atoms with van der Waals surface area (Å²) in [6.45, 7) is 0. The van der Waals surface area contributed by atoms with E-state index < -0.39 is 43.7 Å². The average molecular weight is 653 g/mol. The summed E-state index contributed by atoms with van der Waals surface area (Å²) in [4.78, 5) is -0.822. The summed E-state index contributed by atoms with van der Waals surface area (Å²) in [7, 11) is -7.74. The molecule has 0 spiro atoms. The van der Waals surface area contributed by atoms with Crippen LogP contribution in [0.4, 0.5) is 39.5 Å². The van der Waals surface area contributed by atoms with E-state index in [4.69, 9.17) is 17.8 Å². The highest BCUT2D eigenvalue weighted by atomic mass is 32.3. The maximum Gasteiger partial charge on any atom is 0.460 e. The molecule has 0 aliphatic rings. The largest absolute Gasteiger partial charge is 0.497 e. The molecule has 0 saturated heterocycles. The Labute approximate surface area is 235 Å². The van der Waals surface area contributed by atoms with Gasteiger partial charge in [0.25, 0.3) is 0 Å². The molecule has 0 aliphatic carbocycles. The Kier molecular flexibility index (Phi) is 9.02. The fourth-order valence-electron chi connectivity index (χ4n) is 3.52. The van der Waals surface area contributed by atoms with E-state index >= 15 is 0 Å². The van der Waals surface area contributed by atoms with Crippen molar-refractivity contribution in [2.75, 3.05) is 21.3 Å². The molecular weight excluding hydrogens is 631 g/mol. The standard InChI is InChI=1S/C25H21F9O6S2/c1-37-16-4-10-19(11-5-16)41(20-12-6-17(38-2)7-13-20,21-14-8-18(39-3)9-15-21)40-42(35,36)25(33,34)23(28,29)22(26,27)24(30,31)32/h4-15H,1-3H3. The number of hydrogen-bond donors (Lipinski definition) is 0. The molecule has 42 heavy (non-hydrogen) atoms. The first-order valence-corrected chi connectivity index (χ1v) is 14.2. The molecule has 3 rings (SSSR count). The van der Waals surface area contributed by atoms with Crippen molar-refractivity contribution >= 4 is 20.4 Å². The minimum absolute atomic E-state index is 0.168. The summed E-state index contributed by atoms with van der Waals surface area (Å²) >= 11 is 0. The lowest BCUT2D eigenvalue weighted by Gasteiger charge is -2.41. The van der Waals surface area contributed by atoms with Crippen LogP contribution in [0, 0.1) is 0 Å². The molecule has 0 amide bonds. The van der Waals surface area contributed by atoms with Gasteiger partial charge in [-0.2, -0.15) is 47.9 Å². The summed E-state index contributed by atoms with van der Waals surface area (Å²) in [6, 6.07) is 14.1. The van der Waals surface area contributed by atoms with Crippen LogP contribution >= 0.6 is 10.3 Å². The van der Waals surface area contributed by atoms with Crippen molar-refractivity contribution in [1.29, 1.82) is 0 Å². The molecule has 6 nitrogen and oxygen atoms in total. The van der Waals surface area contributed by atoms with Gasteiger partial charge >= 0.3 is 33.4 Å². The molecule has 3 aromatic rings. The highest BCUT2D eigenvalue weighted by molar-refractivity contribution is 8.33. The Hall–Kier alpha value is -3.31. The van der Waals surface area contributed by atoms with Crippen molar-refractivity contribution in [2.45, 2.75) is 38.0 Å². The van der Waals surface area contributed by atoms with Crippen molar-refractivity contribution in [3.63, 3.8) is 0 Å². The van der Waals surface area contributed by atoms with Crippen molar-refractivity contribution in [3.8, 4) is 17.2 Å². The summed E-state index contributed by atoms with van der Waals surface area (Å²) < 4.78 is 170. The lowest BCUT2D eigenvalue weighted by Crippen LogP contribution is -2.63. The smallest absolute Gasteiger partial charge is 0.460 e. The van der Waals surface area contributed by atoms with E-state index in [1.165, 1.54) is 57.7 Å². The Balaban J connectivity index is 2.40. The average Bonchev–Trinajstić information content (AvgIpc) is 2.95. The monoisotopic (exact) mass is 652 g/mol. The molecule has 0 bridgehead atoms. The van der Waals surface area contributed by atoms with Crippen LogP contribution in [0.5, 0.6) is 17.2 Å². The van der Waals surface area contributed by atoms with Gasteiger partial charge in [0.05, 0.1) is 21.3 Å². The first-order chi connectivity index (χ1) is 19.3. The van der Waals surface area contributed by atoms with Gasteiger partial charge in [-0.05, 0) is 83.1 Å². The van der Waals surface area contributed by atoms with E-state index in [0.717, 1.165) is 36.4 Å². The second kappa shape index (κ2) is 11.4. The molecule has 3 aromatic carbocycles. The van der Waals surface area contributed by atoms with Gasteiger partial charge in [-0.1, -0.05) is 0 Å². The molecule has 17 heteroatoms. The van der Waals surface area contributed by atoms with E-state index in [0.29, 0.717) is 0 Å². The molecule has 0 aromatic heterocycles. The van der Waals surface area contributed by atoms with Crippen molar-refractivity contribution in [2.24, 2.45) is 0 Å². The van der Waals surface area contributed by atoms with Gasteiger partial charge in [0.2, 0.25) is 0 Å². The zero-order valence-electron chi connectivity index (χ0n) is 21.6. The number of methoxy groups -OCH3 is 3. The topological polar surface area (TPSA) is 71.1 Å². The summed E-state index contributed by atoms with van der Waals surface area (Å²) in [5.41, 5.74) is 0. The minimum atomic E-state index is -7.50. The van der Waals surface area contributed by atoms with Gasteiger partial charge in [0.15, 0.2) is 0 Å². The number of rotatable bonds is 11. The minimum Gasteiger partial charge on any atom is -0.497 e. The van der Waals surface area contributed by atoms with E-state index in [1.807, 2.05) is 0 Å². The lowest BCUT2D eigenvalue weighted by molar-refractivity contribution is -0.382. The third kappa shape index (κ3) is 5.44. The van der Waals surface area contributed by atoms with Gasteiger partial charge < -0.3 is 14.2 Å². The van der Waals surface area contributed by atoms with Crippen LogP contribution in [0.25, 0.3) is 0 Å². The second-order valence-electron chi connectivity index (χ2n) is 8.27. The number of alkyl halides is 9. The molecular formula is C25H21F9O6S2. The Morgan fingerprint density at radius 2 is 0.786 bits per heavy atom. The summed E-state index contributed by atoms with van der Waals surface area (Å²) in [6.07, 6.45) is -7.25. The van der Waals surface area contributed by atoms with Gasteiger partial charge in [-0.15, -0.1) is 0 Å². The third-order valence-corrected chi connectivity index (χ3v) is 11.0. The Morgan fingerprint density at radius 3 is 1.02 bits per heavy atom. The van der Waals surface area contributed by atoms with Crippen LogP contribution in [-0.4, -0.2) is 53.0 Å². The first kappa shape index (κ1) is 33.2. The summed E-state index contributed by atoms with van der Waals surface area (Å²) in [5, 5.41) is -7.09. The van der Waals surface area contributed by atoms with Crippen molar-refractivity contribution in [1.82, 2.24) is 0 Å². The maximum atomic E-state index is 14.9. The van der Waals surface area contributed by atoms with Crippen LogP contribution < -0.4 is 14.2 Å². The van der Waals surface area contributed by atoms with Gasteiger partial charge in [0, 0.05) is 14.7 Å². The molecule has 0 N–H and O–H groups in total. The number of benzene rings is 3. The molecule has 0 atom stereocenters. The predicted octanol–water partition coefficient (Wildman–Crippen LogP) is 7.68. The van der Waals surface area contributed by atoms with Crippen LogP contribution in [0.2, 0.25) is 0 Å². The zero-order valence-corrected chi connectivity index (χ0v) is 23.2. The normalized spacial score (nSPS) is 13.9. The quantitative estimate of drug-likeness (QED) is 0.198. The highest BCUT2D eigenvalue weighted by Gasteiger charge is 2.86. The SMILES string of the molecule is COc1ccc(S(OS(=O)(=O)C(F)(F)C(F)(F)C(F)(F)C(F)(F)F)(c2ccc(OC)cc2)c2ccc(OC)cc2)cc1. The molecule has 0 heterocycles. The van der Waals surface area contributed by atoms with Crippen molar-refractivity contribution in [3.05, 3.63) is 72.8 Å². The third-order valence-electron chi connectivity index (χ3n) is 5.80. The molecule has 0 unspecified atom stereocenters. The maximum absolute atomic E-state index is 14.9. The van der Waals surface area contributed by atoms with E-state index in [1.54, 1.807) is 0 Å². The fourth-order valence-corrected chi connectivity index (χ4v) is 8.70. The van der Waals surface area contributed by atoms with Gasteiger partial charge in [-0.25, -0.2) is 3.63 Å². The Morgan fingerprint density at radius 1 is 0.500 bits per heavy atom. The lowest BCUT2D eigenvalue weighted by atomic mass is 10.1. The molecule has 232 valence electrons. The summed E-state index contributed by atoms with van der Waals surface area (Å²) in [5.74, 6) is -14.5. The van der Waals surface area contributed by atoms with Crippen LogP contribution in [0.15, 0.2) is 87.5 Å². The molecule has 0 radical (unpaired) electrons. The van der Waals surface area contributed by atoms with Gasteiger partial charge in [-0.3, -0.25) is 0 Å². The predicted molar refractivity (Wildman–Crippen MR) is 132 cm³/mol. The molecule has 0 saturated carbocycles. The van der Waals surface area contributed by atoms with E-state index in [9.17, 15) is 47.9 Å². The number of halogens is 9. The van der Waals surface area contributed by atoms with E-state index in [-0.39, 0.29) is 31.9 Å². The molecule has 0 aliphatic heterocycles. The number of hydrogen-bond acceptors (Lipinski definition) is 6. The van der Waals surface area contributed by atoms with Crippen molar-refractivity contribution < 1.29 is 65.8 Å². The zero-order chi connectivity index (χ0) is 31.8. The van der Waals surface area contributed by atoms with Crippen LogP contribution in [-0.2, 0) is 13.7 Å². The second-order valence-corrected chi connectivity index (χ2v) is 12.8. The highest BCUT2D eigenvalue weighted by Crippen LogP contribution is 2.71. The molecule has 0 fully saturated rings. The van der Waals surface area contributed by atoms with Crippen LogP contribution in [0.3, 0.4) is 0 Å². The van der Waals surface area contributed by atoms with E-state index in [2.05, 4.69) is 0 Å². The first-order valence-electron chi connectivity index (χ1n) is 11.2. The van der Waals surface area contributed by atoms with Gasteiger partial charge in [0.1, 0.15) is 17.2 Å². The number of ether oxygens (including phenoxy) is 3. The fraction of sp³-hybridized carbons (Fsp3) is 0.280. The van der Waals surface area contributed by atoms with Crippen LogP contribution in [0.1, 0.15) is 0 Å². The Bertz CT molecular complexity index is 1360.